The van der Waals surface area contributed by atoms with Crippen LogP contribution in [0, 0.1) is 0 Å². The van der Waals surface area contributed by atoms with Gasteiger partial charge in [0.05, 0.1) is 12.1 Å². The molecule has 1 aliphatic carbocycles. The maximum Gasteiger partial charge on any atom is 0.266 e. The molecule has 0 aliphatic heterocycles. The first-order chi connectivity index (χ1) is 18.4. The fourth-order valence-electron chi connectivity index (χ4n) is 5.28. The van der Waals surface area contributed by atoms with Crippen LogP contribution in [-0.4, -0.2) is 41.5 Å². The van der Waals surface area contributed by atoms with E-state index in [-0.39, 0.29) is 11.9 Å². The fraction of sp³-hybridized carbons (Fsp3) is 0.300. The average Bonchev–Trinajstić information content (AvgIpc) is 3.28. The third-order valence-corrected chi connectivity index (χ3v) is 9.59. The van der Waals surface area contributed by atoms with Gasteiger partial charge in [0, 0.05) is 46.3 Å². The lowest BCUT2D eigenvalue weighted by Gasteiger charge is -2.38. The second kappa shape index (κ2) is 11.8. The summed E-state index contributed by atoms with van der Waals surface area (Å²) in [6.45, 7) is 0.417. The van der Waals surface area contributed by atoms with E-state index >= 15 is 0 Å². The number of carbonyl (C=O) groups excluding carboxylic acids is 1. The lowest BCUT2D eigenvalue weighted by atomic mass is 9.89. The van der Waals surface area contributed by atoms with E-state index in [1.54, 1.807) is 11.5 Å². The molecule has 0 unspecified atom stereocenters. The Hall–Kier alpha value is -2.28. The lowest BCUT2D eigenvalue weighted by molar-refractivity contribution is 0.0589. The maximum atomic E-state index is 14.2. The summed E-state index contributed by atoms with van der Waals surface area (Å²) in [7, 11) is 3.57. The van der Waals surface area contributed by atoms with E-state index in [0.717, 1.165) is 58.2 Å². The summed E-state index contributed by atoms with van der Waals surface area (Å²) in [6, 6.07) is 22.1. The van der Waals surface area contributed by atoms with E-state index in [1.165, 1.54) is 11.3 Å². The molecule has 5 rings (SSSR count). The predicted octanol–water partition coefficient (Wildman–Crippen LogP) is 8.92. The van der Waals surface area contributed by atoms with Crippen LogP contribution in [0.1, 0.15) is 40.9 Å². The Balaban J connectivity index is 1.52. The van der Waals surface area contributed by atoms with Crippen LogP contribution < -0.4 is 4.74 Å². The number of carbonyl (C=O) groups is 1. The van der Waals surface area contributed by atoms with Gasteiger partial charge in [-0.15, -0.1) is 11.3 Å². The molecule has 0 atom stereocenters. The number of halogens is 3. The van der Waals surface area contributed by atoms with Crippen LogP contribution in [0.25, 0.3) is 21.2 Å². The highest BCUT2D eigenvalue weighted by Gasteiger charge is 2.33. The zero-order valence-electron chi connectivity index (χ0n) is 21.3. The van der Waals surface area contributed by atoms with Crippen molar-refractivity contribution >= 4 is 62.3 Å². The first kappa shape index (κ1) is 27.3. The van der Waals surface area contributed by atoms with Gasteiger partial charge in [-0.3, -0.25) is 4.79 Å². The molecular weight excluding hydrogens is 559 g/mol. The highest BCUT2D eigenvalue weighted by Crippen LogP contribution is 2.38. The number of thiophene rings is 1. The zero-order valence-corrected chi connectivity index (χ0v) is 24.4. The van der Waals surface area contributed by atoms with Crippen molar-refractivity contribution in [3.63, 3.8) is 0 Å². The Labute approximate surface area is 242 Å². The summed E-state index contributed by atoms with van der Waals surface area (Å²) in [6.07, 6.45) is 3.59. The van der Waals surface area contributed by atoms with Crippen molar-refractivity contribution in [2.75, 3.05) is 14.2 Å². The second-order valence-electron chi connectivity index (χ2n) is 9.70. The molecule has 198 valence electrons. The highest BCUT2D eigenvalue weighted by molar-refractivity contribution is 7.21. The number of hydrogen-bond donors (Lipinski definition) is 0. The molecule has 38 heavy (non-hydrogen) atoms. The maximum absolute atomic E-state index is 14.2. The fourth-order valence-corrected chi connectivity index (χ4v) is 7.07. The molecule has 4 aromatic rings. The quantitative estimate of drug-likeness (QED) is 0.202. The van der Waals surface area contributed by atoms with Crippen molar-refractivity contribution in [1.29, 1.82) is 0 Å². The molecule has 1 fully saturated rings. The monoisotopic (exact) mass is 586 g/mol. The molecule has 1 heterocycles. The molecule has 3 aromatic carbocycles. The largest absolute Gasteiger partial charge is 0.496 e. The first-order valence-corrected chi connectivity index (χ1v) is 14.6. The van der Waals surface area contributed by atoms with Gasteiger partial charge in [-0.1, -0.05) is 59.6 Å². The number of methoxy groups -OCH3 is 1. The minimum atomic E-state index is -0.0437. The predicted molar refractivity (Wildman–Crippen MR) is 160 cm³/mol. The molecule has 4 nitrogen and oxygen atoms in total. The van der Waals surface area contributed by atoms with E-state index in [9.17, 15) is 4.79 Å². The molecule has 0 N–H and O–H groups in total. The van der Waals surface area contributed by atoms with Gasteiger partial charge in [-0.05, 0) is 78.9 Å². The van der Waals surface area contributed by atoms with Crippen LogP contribution in [-0.2, 0) is 6.54 Å². The number of ether oxygens (including phenoxy) is 1. The lowest BCUT2D eigenvalue weighted by Crippen LogP contribution is -2.44. The van der Waals surface area contributed by atoms with Gasteiger partial charge >= 0.3 is 0 Å². The Kier molecular flexibility index (Phi) is 8.51. The molecule has 1 aromatic heterocycles. The van der Waals surface area contributed by atoms with Gasteiger partial charge in [0.1, 0.15) is 10.6 Å². The van der Waals surface area contributed by atoms with Crippen LogP contribution >= 0.6 is 46.3 Å². The van der Waals surface area contributed by atoms with Gasteiger partial charge < -0.3 is 9.64 Å². The summed E-state index contributed by atoms with van der Waals surface area (Å²) in [5.74, 6) is 0.704. The molecule has 1 aliphatic rings. The van der Waals surface area contributed by atoms with Crippen molar-refractivity contribution < 1.29 is 9.53 Å². The number of rotatable bonds is 7. The standard InChI is InChI=1S/C30H29Cl3N2O2S/c1-34(33)23-12-14-24(15-13-23)35(30(36)29-28(32)25-5-3-4-6-27(25)38-29)18-21-17-20(9-16-26(21)37-2)19-7-10-22(31)11-8-19/h3-11,16-17,23-24H,12-15,18H2,1-2H3/t23-,24-. The number of nitrogens with zero attached hydrogens (tertiary/aromatic N) is 2. The van der Waals surface area contributed by atoms with Gasteiger partial charge in [0.25, 0.3) is 5.91 Å². The van der Waals surface area contributed by atoms with Crippen LogP contribution in [0.5, 0.6) is 5.75 Å². The Morgan fingerprint density at radius 1 is 0.947 bits per heavy atom. The molecule has 0 radical (unpaired) electrons. The van der Waals surface area contributed by atoms with Crippen molar-refractivity contribution in [3.8, 4) is 16.9 Å². The normalized spacial score (nSPS) is 17.6. The minimum Gasteiger partial charge on any atom is -0.496 e. The summed E-state index contributed by atoms with van der Waals surface area (Å²) >= 11 is 20.6. The molecule has 1 amide bonds. The summed E-state index contributed by atoms with van der Waals surface area (Å²) in [4.78, 5) is 16.8. The molecular formula is C30H29Cl3N2O2S. The van der Waals surface area contributed by atoms with Gasteiger partial charge in [0.15, 0.2) is 0 Å². The molecule has 1 saturated carbocycles. The van der Waals surface area contributed by atoms with E-state index in [2.05, 4.69) is 6.07 Å². The third kappa shape index (κ3) is 5.68. The SMILES string of the molecule is COc1ccc(-c2ccc(Cl)cc2)cc1CN(C(=O)c1sc2ccccc2c1Cl)[C@H]1CC[C@H](N(C)Cl)CC1. The molecule has 0 saturated heterocycles. The number of hydrogen-bond acceptors (Lipinski definition) is 4. The van der Waals surface area contributed by atoms with Crippen molar-refractivity contribution in [2.24, 2.45) is 0 Å². The summed E-state index contributed by atoms with van der Waals surface area (Å²) in [5, 5.41) is 2.13. The Morgan fingerprint density at radius 3 is 2.26 bits per heavy atom. The number of fused-ring (bicyclic) bond motifs is 1. The van der Waals surface area contributed by atoms with Crippen LogP contribution in [0.4, 0.5) is 0 Å². The van der Waals surface area contributed by atoms with Crippen molar-refractivity contribution in [1.82, 2.24) is 9.32 Å². The first-order valence-electron chi connectivity index (χ1n) is 12.6. The molecule has 0 spiro atoms. The Bertz CT molecular complexity index is 1430. The molecule has 0 bridgehead atoms. The number of benzene rings is 3. The summed E-state index contributed by atoms with van der Waals surface area (Å²) in [5.41, 5.74) is 3.04. The smallest absolute Gasteiger partial charge is 0.266 e. The van der Waals surface area contributed by atoms with E-state index < -0.39 is 0 Å². The third-order valence-electron chi connectivity index (χ3n) is 7.40. The zero-order chi connectivity index (χ0) is 26.8. The second-order valence-corrected chi connectivity index (χ2v) is 12.1. The van der Waals surface area contributed by atoms with E-state index in [4.69, 9.17) is 39.7 Å². The molecule has 8 heteroatoms. The van der Waals surface area contributed by atoms with Crippen molar-refractivity contribution in [2.45, 2.75) is 44.3 Å². The van der Waals surface area contributed by atoms with E-state index in [0.29, 0.717) is 27.5 Å². The topological polar surface area (TPSA) is 32.8 Å². The number of amides is 1. The highest BCUT2D eigenvalue weighted by atomic mass is 35.5. The average molecular weight is 588 g/mol. The minimum absolute atomic E-state index is 0.0437. The van der Waals surface area contributed by atoms with Crippen LogP contribution in [0.2, 0.25) is 10.0 Å². The summed E-state index contributed by atoms with van der Waals surface area (Å²) < 4.78 is 8.52. The van der Waals surface area contributed by atoms with Gasteiger partial charge in [0.2, 0.25) is 0 Å². The Morgan fingerprint density at radius 2 is 1.61 bits per heavy atom. The van der Waals surface area contributed by atoms with Gasteiger partial charge in [-0.25, -0.2) is 4.42 Å². The van der Waals surface area contributed by atoms with Gasteiger partial charge in [-0.2, -0.15) is 0 Å². The van der Waals surface area contributed by atoms with Crippen LogP contribution in [0.15, 0.2) is 66.7 Å². The van der Waals surface area contributed by atoms with E-state index in [1.807, 2.05) is 72.6 Å². The van der Waals surface area contributed by atoms with Crippen LogP contribution in [0.3, 0.4) is 0 Å². The van der Waals surface area contributed by atoms with Crippen molar-refractivity contribution in [3.05, 3.63) is 87.2 Å².